The molecular weight excluding hydrogens is 420 g/mol. The van der Waals surface area contributed by atoms with E-state index in [9.17, 15) is 9.59 Å². The van der Waals surface area contributed by atoms with Crippen LogP contribution in [0.3, 0.4) is 0 Å². The lowest BCUT2D eigenvalue weighted by molar-refractivity contribution is -0.145. The minimum atomic E-state index is -0.502. The summed E-state index contributed by atoms with van der Waals surface area (Å²) in [6.07, 6.45) is 1.69. The largest absolute Gasteiger partial charge is 0.490 e. The normalized spacial score (nSPS) is 10.7. The maximum atomic E-state index is 12.2. The molecule has 0 spiro atoms. The molecule has 0 aliphatic rings. The number of hydrogen-bond donors (Lipinski definition) is 1. The summed E-state index contributed by atoms with van der Waals surface area (Å²) in [6, 6.07) is 9.22. The maximum absolute atomic E-state index is 12.2. The highest BCUT2D eigenvalue weighted by molar-refractivity contribution is 6.32. The molecule has 0 bridgehead atoms. The van der Waals surface area contributed by atoms with Crippen LogP contribution in [0.2, 0.25) is 5.02 Å². The summed E-state index contributed by atoms with van der Waals surface area (Å²) in [7, 11) is 0. The molecule has 1 N–H and O–H groups in total. The predicted molar refractivity (Wildman–Crippen MR) is 120 cm³/mol. The maximum Gasteiger partial charge on any atom is 0.344 e. The molecule has 8 heteroatoms. The number of aryl methyl sites for hydroxylation is 2. The summed E-state index contributed by atoms with van der Waals surface area (Å²) in [4.78, 5) is 23.7. The van der Waals surface area contributed by atoms with Gasteiger partial charge in [0.05, 0.1) is 30.9 Å². The van der Waals surface area contributed by atoms with E-state index < -0.39 is 5.97 Å². The molecule has 7 nitrogen and oxygen atoms in total. The first kappa shape index (κ1) is 24.2. The van der Waals surface area contributed by atoms with Gasteiger partial charge in [-0.2, -0.15) is 5.10 Å². The van der Waals surface area contributed by atoms with Crippen molar-refractivity contribution in [2.45, 2.75) is 34.1 Å². The van der Waals surface area contributed by atoms with Crippen molar-refractivity contribution >= 4 is 29.7 Å². The number of hydrazone groups is 1. The summed E-state index contributed by atoms with van der Waals surface area (Å²) >= 11 is 6.30. The van der Waals surface area contributed by atoms with Gasteiger partial charge in [-0.25, -0.2) is 10.2 Å². The highest BCUT2D eigenvalue weighted by Gasteiger charge is 2.14. The summed E-state index contributed by atoms with van der Waals surface area (Å²) < 4.78 is 15.9. The standard InChI is InChI=1S/C23H27ClN2O5/c1-5-29-20-11-17(10-19(24)23(20)31-14-22(28)30-6-2)13-25-26-21(27)12-18-8-7-15(3)9-16(18)4/h7-11,13H,5-6,12,14H2,1-4H3,(H,26,27)/b25-13+. The van der Waals surface area contributed by atoms with E-state index in [4.69, 9.17) is 25.8 Å². The fourth-order valence-electron chi connectivity index (χ4n) is 2.83. The molecule has 0 heterocycles. The summed E-state index contributed by atoms with van der Waals surface area (Å²) in [5, 5.41) is 4.25. The lowest BCUT2D eigenvalue weighted by Gasteiger charge is -2.14. The minimum absolute atomic E-state index is 0.228. The molecule has 0 atom stereocenters. The zero-order valence-electron chi connectivity index (χ0n) is 18.2. The Bertz CT molecular complexity index is 959. The third-order valence-electron chi connectivity index (χ3n) is 4.22. The van der Waals surface area contributed by atoms with Crippen molar-refractivity contribution in [1.29, 1.82) is 0 Å². The highest BCUT2D eigenvalue weighted by atomic mass is 35.5. The van der Waals surface area contributed by atoms with Crippen LogP contribution in [0.1, 0.15) is 36.1 Å². The molecule has 0 saturated carbocycles. The number of halogens is 1. The van der Waals surface area contributed by atoms with Crippen molar-refractivity contribution < 1.29 is 23.8 Å². The van der Waals surface area contributed by atoms with E-state index in [1.807, 2.05) is 39.0 Å². The Morgan fingerprint density at radius 2 is 1.87 bits per heavy atom. The van der Waals surface area contributed by atoms with Gasteiger partial charge < -0.3 is 14.2 Å². The van der Waals surface area contributed by atoms with E-state index in [1.54, 1.807) is 19.1 Å². The van der Waals surface area contributed by atoms with E-state index in [0.29, 0.717) is 17.9 Å². The molecular formula is C23H27ClN2O5. The molecule has 166 valence electrons. The minimum Gasteiger partial charge on any atom is -0.490 e. The van der Waals surface area contributed by atoms with Gasteiger partial charge in [0, 0.05) is 0 Å². The Hall–Kier alpha value is -3.06. The second-order valence-corrected chi connectivity index (χ2v) is 7.16. The van der Waals surface area contributed by atoms with Crippen LogP contribution < -0.4 is 14.9 Å². The Morgan fingerprint density at radius 3 is 2.55 bits per heavy atom. The number of benzene rings is 2. The van der Waals surface area contributed by atoms with E-state index in [0.717, 1.165) is 16.7 Å². The van der Waals surface area contributed by atoms with Crippen LogP contribution in [0.4, 0.5) is 0 Å². The Morgan fingerprint density at radius 1 is 1.10 bits per heavy atom. The van der Waals surface area contributed by atoms with Crippen molar-refractivity contribution in [3.05, 3.63) is 57.6 Å². The van der Waals surface area contributed by atoms with Crippen molar-refractivity contribution in [2.75, 3.05) is 19.8 Å². The highest BCUT2D eigenvalue weighted by Crippen LogP contribution is 2.36. The second-order valence-electron chi connectivity index (χ2n) is 6.76. The Labute approximate surface area is 187 Å². The molecule has 0 aromatic heterocycles. The van der Waals surface area contributed by atoms with Crippen LogP contribution in [0.25, 0.3) is 0 Å². The first-order chi connectivity index (χ1) is 14.8. The summed E-state index contributed by atoms with van der Waals surface area (Å²) in [5.41, 5.74) is 6.27. The Kier molecular flexibility index (Phi) is 9.34. The molecule has 0 radical (unpaired) electrons. The van der Waals surface area contributed by atoms with Crippen LogP contribution in [0, 0.1) is 13.8 Å². The van der Waals surface area contributed by atoms with Crippen LogP contribution in [-0.2, 0) is 20.7 Å². The zero-order chi connectivity index (χ0) is 22.8. The molecule has 1 amide bonds. The number of carbonyl (C=O) groups excluding carboxylic acids is 2. The quantitative estimate of drug-likeness (QED) is 0.339. The average molecular weight is 447 g/mol. The number of esters is 1. The van der Waals surface area contributed by atoms with Gasteiger partial charge >= 0.3 is 5.97 Å². The number of hydrogen-bond acceptors (Lipinski definition) is 6. The van der Waals surface area contributed by atoms with Gasteiger partial charge in [0.1, 0.15) is 0 Å². The van der Waals surface area contributed by atoms with Gasteiger partial charge in [-0.05, 0) is 56.5 Å². The van der Waals surface area contributed by atoms with E-state index in [1.165, 1.54) is 6.21 Å². The van der Waals surface area contributed by atoms with Crippen molar-refractivity contribution in [1.82, 2.24) is 5.43 Å². The molecule has 2 aromatic carbocycles. The number of amides is 1. The molecule has 0 unspecified atom stereocenters. The smallest absolute Gasteiger partial charge is 0.344 e. The van der Waals surface area contributed by atoms with Gasteiger partial charge in [0.25, 0.3) is 0 Å². The first-order valence-corrected chi connectivity index (χ1v) is 10.3. The summed E-state index contributed by atoms with van der Waals surface area (Å²) in [6.45, 7) is 7.87. The first-order valence-electron chi connectivity index (χ1n) is 9.96. The SMILES string of the molecule is CCOC(=O)COc1c(Cl)cc(/C=N/NC(=O)Cc2ccc(C)cc2C)cc1OCC. The lowest BCUT2D eigenvalue weighted by atomic mass is 10.0. The van der Waals surface area contributed by atoms with Gasteiger partial charge in [0.2, 0.25) is 5.91 Å². The molecule has 0 aliphatic heterocycles. The Balaban J connectivity index is 2.05. The molecule has 0 saturated heterocycles. The van der Waals surface area contributed by atoms with Crippen molar-refractivity contribution in [3.63, 3.8) is 0 Å². The number of nitrogens with one attached hydrogen (secondary N) is 1. The van der Waals surface area contributed by atoms with Crippen molar-refractivity contribution in [2.24, 2.45) is 5.10 Å². The van der Waals surface area contributed by atoms with E-state index >= 15 is 0 Å². The second kappa shape index (κ2) is 12.0. The van der Waals surface area contributed by atoms with Crippen LogP contribution >= 0.6 is 11.6 Å². The topological polar surface area (TPSA) is 86.2 Å². The number of rotatable bonds is 10. The van der Waals surface area contributed by atoms with Crippen LogP contribution in [0.15, 0.2) is 35.4 Å². The molecule has 0 fully saturated rings. The van der Waals surface area contributed by atoms with E-state index in [2.05, 4.69) is 10.5 Å². The number of ether oxygens (including phenoxy) is 3. The van der Waals surface area contributed by atoms with Crippen molar-refractivity contribution in [3.8, 4) is 11.5 Å². The van der Waals surface area contributed by atoms with Gasteiger partial charge in [0.15, 0.2) is 18.1 Å². The van der Waals surface area contributed by atoms with Gasteiger partial charge in [-0.3, -0.25) is 4.79 Å². The van der Waals surface area contributed by atoms with Crippen LogP contribution in [0.5, 0.6) is 11.5 Å². The molecule has 31 heavy (non-hydrogen) atoms. The average Bonchev–Trinajstić information content (AvgIpc) is 2.70. The fraction of sp³-hybridized carbons (Fsp3) is 0.348. The number of nitrogens with zero attached hydrogens (tertiary/aromatic N) is 1. The molecule has 0 aliphatic carbocycles. The van der Waals surface area contributed by atoms with Crippen LogP contribution in [-0.4, -0.2) is 37.9 Å². The van der Waals surface area contributed by atoms with E-state index in [-0.39, 0.29) is 36.3 Å². The van der Waals surface area contributed by atoms with Gasteiger partial charge in [-0.15, -0.1) is 0 Å². The zero-order valence-corrected chi connectivity index (χ0v) is 18.9. The number of carbonyl (C=O) groups is 2. The third-order valence-corrected chi connectivity index (χ3v) is 4.50. The third kappa shape index (κ3) is 7.61. The predicted octanol–water partition coefficient (Wildman–Crippen LogP) is 3.99. The van der Waals surface area contributed by atoms with Gasteiger partial charge in [-0.1, -0.05) is 35.4 Å². The fourth-order valence-corrected chi connectivity index (χ4v) is 3.11. The summed E-state index contributed by atoms with van der Waals surface area (Å²) in [5.74, 6) is -0.123. The lowest BCUT2D eigenvalue weighted by Crippen LogP contribution is -2.20. The monoisotopic (exact) mass is 446 g/mol. The molecule has 2 rings (SSSR count). The molecule has 2 aromatic rings.